The summed E-state index contributed by atoms with van der Waals surface area (Å²) < 4.78 is 0. The Hall–Kier alpha value is -0.870. The average molecular weight is 473 g/mol. The SMILES string of the molecule is CC1(CO)CC[C@]2(C)CC[C@]3(C(=O)O)C(=CC[C@@H]4[C@@]5(C)CCC(O)C(C)(C)C5CC[C@]43C)[C@H]2C1. The van der Waals surface area contributed by atoms with E-state index < -0.39 is 11.4 Å². The number of aliphatic carboxylic acids is 1. The second kappa shape index (κ2) is 7.34. The summed E-state index contributed by atoms with van der Waals surface area (Å²) in [5, 5.41) is 32.2. The van der Waals surface area contributed by atoms with Crippen molar-refractivity contribution in [2.75, 3.05) is 6.61 Å². The van der Waals surface area contributed by atoms with Crippen LogP contribution in [0.25, 0.3) is 0 Å². The van der Waals surface area contributed by atoms with Crippen LogP contribution in [0.3, 0.4) is 0 Å². The number of allylic oxidation sites excluding steroid dienone is 1. The van der Waals surface area contributed by atoms with Crippen molar-refractivity contribution in [3.8, 4) is 0 Å². The van der Waals surface area contributed by atoms with Gasteiger partial charge in [-0.15, -0.1) is 0 Å². The van der Waals surface area contributed by atoms with Crippen molar-refractivity contribution in [1.82, 2.24) is 0 Å². The Morgan fingerprint density at radius 2 is 1.62 bits per heavy atom. The van der Waals surface area contributed by atoms with Crippen LogP contribution in [0.5, 0.6) is 0 Å². The summed E-state index contributed by atoms with van der Waals surface area (Å²) >= 11 is 0. The normalized spacial score (nSPS) is 54.1. The third kappa shape index (κ3) is 2.88. The lowest BCUT2D eigenvalue weighted by atomic mass is 9.33. The summed E-state index contributed by atoms with van der Waals surface area (Å²) in [4.78, 5) is 13.5. The zero-order valence-corrected chi connectivity index (χ0v) is 22.4. The van der Waals surface area contributed by atoms with Gasteiger partial charge in [0.05, 0.1) is 11.5 Å². The predicted octanol–water partition coefficient (Wildman–Crippen LogP) is 6.21. The quantitative estimate of drug-likeness (QED) is 0.418. The number of aliphatic hydroxyl groups is 2. The molecule has 5 aliphatic carbocycles. The fraction of sp³-hybridized carbons (Fsp3) is 0.900. The molecule has 5 aliphatic rings. The molecular formula is C30H48O4. The van der Waals surface area contributed by atoms with Gasteiger partial charge in [-0.25, -0.2) is 0 Å². The van der Waals surface area contributed by atoms with Crippen LogP contribution in [-0.2, 0) is 4.79 Å². The van der Waals surface area contributed by atoms with E-state index in [0.29, 0.717) is 11.8 Å². The fourth-order valence-corrected chi connectivity index (χ4v) is 10.7. The minimum atomic E-state index is -0.804. The molecule has 9 atom stereocenters. The van der Waals surface area contributed by atoms with Gasteiger partial charge in [0, 0.05) is 6.61 Å². The van der Waals surface area contributed by atoms with E-state index in [9.17, 15) is 20.1 Å². The highest BCUT2D eigenvalue weighted by Crippen LogP contribution is 2.75. The third-order valence-corrected chi connectivity index (χ3v) is 13.1. The highest BCUT2D eigenvalue weighted by atomic mass is 16.4. The van der Waals surface area contributed by atoms with E-state index in [-0.39, 0.29) is 45.7 Å². The molecule has 4 heteroatoms. The summed E-state index contributed by atoms with van der Waals surface area (Å²) in [5.41, 5.74) is 0.0736. The minimum absolute atomic E-state index is 0.0487. The van der Waals surface area contributed by atoms with Gasteiger partial charge in [0.15, 0.2) is 0 Å². The predicted molar refractivity (Wildman–Crippen MR) is 134 cm³/mol. The molecule has 4 fully saturated rings. The number of hydrogen-bond donors (Lipinski definition) is 3. The van der Waals surface area contributed by atoms with E-state index in [0.717, 1.165) is 64.2 Å². The summed E-state index contributed by atoms with van der Waals surface area (Å²) in [6.45, 7) is 14.0. The Balaban J connectivity index is 1.63. The number of carboxylic acid groups (broad SMARTS) is 1. The van der Waals surface area contributed by atoms with E-state index >= 15 is 0 Å². The summed E-state index contributed by atoms with van der Waals surface area (Å²) in [6.07, 6.45) is 11.5. The summed E-state index contributed by atoms with van der Waals surface area (Å²) in [6, 6.07) is 0. The molecule has 3 unspecified atom stereocenters. The largest absolute Gasteiger partial charge is 0.481 e. The second-order valence-electron chi connectivity index (χ2n) is 14.9. The van der Waals surface area contributed by atoms with Crippen LogP contribution in [-0.4, -0.2) is 34.0 Å². The Labute approximate surface area is 206 Å². The van der Waals surface area contributed by atoms with Gasteiger partial charge < -0.3 is 15.3 Å². The van der Waals surface area contributed by atoms with Crippen LogP contribution >= 0.6 is 0 Å². The molecule has 0 bridgehead atoms. The minimum Gasteiger partial charge on any atom is -0.481 e. The van der Waals surface area contributed by atoms with Crippen molar-refractivity contribution in [2.45, 2.75) is 112 Å². The van der Waals surface area contributed by atoms with Gasteiger partial charge in [-0.05, 0) is 109 Å². The Kier molecular flexibility index (Phi) is 5.36. The first-order valence-electron chi connectivity index (χ1n) is 13.9. The highest BCUT2D eigenvalue weighted by Gasteiger charge is 2.71. The summed E-state index contributed by atoms with van der Waals surface area (Å²) in [5.74, 6) is 0.379. The van der Waals surface area contributed by atoms with Crippen LogP contribution in [0.1, 0.15) is 106 Å². The van der Waals surface area contributed by atoms with E-state index in [1.54, 1.807) is 0 Å². The molecular weight excluding hydrogens is 424 g/mol. The van der Waals surface area contributed by atoms with Gasteiger partial charge in [0.2, 0.25) is 0 Å². The Morgan fingerprint density at radius 1 is 0.941 bits per heavy atom. The molecule has 5 rings (SSSR count). The second-order valence-corrected chi connectivity index (χ2v) is 14.9. The lowest BCUT2D eigenvalue weighted by molar-refractivity contribution is -0.214. The molecule has 0 aromatic rings. The maximum absolute atomic E-state index is 13.5. The van der Waals surface area contributed by atoms with Crippen molar-refractivity contribution in [3.63, 3.8) is 0 Å². The molecule has 192 valence electrons. The molecule has 0 heterocycles. The molecule has 4 saturated carbocycles. The molecule has 0 aromatic heterocycles. The number of carbonyl (C=O) groups is 1. The van der Waals surface area contributed by atoms with Gasteiger partial charge in [-0.2, -0.15) is 0 Å². The monoisotopic (exact) mass is 472 g/mol. The van der Waals surface area contributed by atoms with Crippen molar-refractivity contribution >= 4 is 5.97 Å². The number of hydrogen-bond acceptors (Lipinski definition) is 3. The van der Waals surface area contributed by atoms with Crippen LogP contribution < -0.4 is 0 Å². The van der Waals surface area contributed by atoms with Gasteiger partial charge in [-0.3, -0.25) is 4.79 Å². The van der Waals surface area contributed by atoms with Gasteiger partial charge >= 0.3 is 5.97 Å². The zero-order valence-electron chi connectivity index (χ0n) is 22.4. The van der Waals surface area contributed by atoms with Gasteiger partial charge in [-0.1, -0.05) is 53.2 Å². The van der Waals surface area contributed by atoms with Crippen LogP contribution in [0.4, 0.5) is 0 Å². The van der Waals surface area contributed by atoms with Crippen molar-refractivity contribution in [2.24, 2.45) is 50.2 Å². The standard InChI is InChI=1S/C30H48O4/c1-25(2)21-9-12-29(6)22(28(21,5)11-10-23(25)32)8-7-19-20-17-26(3,18-31)13-14-27(20,4)15-16-30(19,29)24(33)34/h7,20-23,31-32H,8-18H2,1-6H3,(H,33,34)/t20-,21?,22-,23?,26?,27-,28+,29-,30-/m1/s1. The van der Waals surface area contributed by atoms with E-state index in [1.165, 1.54) is 5.57 Å². The molecule has 0 saturated heterocycles. The number of aliphatic hydroxyl groups excluding tert-OH is 2. The summed E-state index contributed by atoms with van der Waals surface area (Å²) in [7, 11) is 0. The van der Waals surface area contributed by atoms with Gasteiger partial charge in [0.25, 0.3) is 0 Å². The molecule has 4 nitrogen and oxygen atoms in total. The lowest BCUT2D eigenvalue weighted by Gasteiger charge is -2.70. The van der Waals surface area contributed by atoms with Gasteiger partial charge in [0.1, 0.15) is 0 Å². The Morgan fingerprint density at radius 3 is 2.26 bits per heavy atom. The first kappa shape index (κ1) is 24.8. The Bertz CT molecular complexity index is 907. The van der Waals surface area contributed by atoms with Crippen molar-refractivity contribution < 1.29 is 20.1 Å². The molecule has 0 spiro atoms. The average Bonchev–Trinajstić information content (AvgIpc) is 2.77. The smallest absolute Gasteiger partial charge is 0.314 e. The number of carboxylic acids is 1. The maximum Gasteiger partial charge on any atom is 0.314 e. The first-order valence-corrected chi connectivity index (χ1v) is 13.9. The van der Waals surface area contributed by atoms with E-state index in [1.807, 2.05) is 0 Å². The van der Waals surface area contributed by atoms with E-state index in [4.69, 9.17) is 0 Å². The van der Waals surface area contributed by atoms with Crippen molar-refractivity contribution in [3.05, 3.63) is 11.6 Å². The molecule has 0 aliphatic heterocycles. The molecule has 0 radical (unpaired) electrons. The molecule has 0 amide bonds. The maximum atomic E-state index is 13.5. The van der Waals surface area contributed by atoms with E-state index in [2.05, 4.69) is 47.6 Å². The van der Waals surface area contributed by atoms with Crippen LogP contribution in [0.15, 0.2) is 11.6 Å². The third-order valence-electron chi connectivity index (χ3n) is 13.1. The highest BCUT2D eigenvalue weighted by molar-refractivity contribution is 5.81. The molecule has 0 aromatic carbocycles. The molecule has 3 N–H and O–H groups in total. The lowest BCUT2D eigenvalue weighted by Crippen LogP contribution is -2.67. The fourth-order valence-electron chi connectivity index (χ4n) is 10.7. The van der Waals surface area contributed by atoms with Crippen LogP contribution in [0, 0.1) is 50.2 Å². The van der Waals surface area contributed by atoms with Crippen LogP contribution in [0.2, 0.25) is 0 Å². The molecule has 34 heavy (non-hydrogen) atoms. The topological polar surface area (TPSA) is 77.8 Å². The number of rotatable bonds is 2. The van der Waals surface area contributed by atoms with Crippen molar-refractivity contribution in [1.29, 1.82) is 0 Å². The first-order chi connectivity index (χ1) is 15.7. The zero-order chi connectivity index (χ0) is 24.9. The number of fused-ring (bicyclic) bond motifs is 7.